The third-order valence-corrected chi connectivity index (χ3v) is 2.82. The van der Waals surface area contributed by atoms with E-state index in [2.05, 4.69) is 0 Å². The number of halogens is 2. The van der Waals surface area contributed by atoms with E-state index in [4.69, 9.17) is 34.7 Å². The Morgan fingerprint density at radius 3 is 1.83 bits per heavy atom. The zero-order chi connectivity index (χ0) is 9.30. The van der Waals surface area contributed by atoms with Gasteiger partial charge in [0.1, 0.15) is 0 Å². The molecule has 0 aromatic heterocycles. The number of hydrogen-bond donors (Lipinski definition) is 3. The lowest BCUT2D eigenvalue weighted by Crippen LogP contribution is -2.44. The summed E-state index contributed by atoms with van der Waals surface area (Å²) in [5, 5.41) is 9.66. The van der Waals surface area contributed by atoms with Crippen LogP contribution in [0.5, 0.6) is 0 Å². The molecule has 5 heteroatoms. The molecule has 0 radical (unpaired) electrons. The lowest BCUT2D eigenvalue weighted by molar-refractivity contribution is 0.0828. The molecule has 1 fully saturated rings. The van der Waals surface area contributed by atoms with E-state index in [1.54, 1.807) is 0 Å². The summed E-state index contributed by atoms with van der Waals surface area (Å²) in [6, 6.07) is 0. The molecule has 0 bridgehead atoms. The Hall–Kier alpha value is 0.460. The number of aliphatic hydroxyl groups is 1. The summed E-state index contributed by atoms with van der Waals surface area (Å²) in [6.07, 6.45) is 1.49. The Bertz CT molecular complexity index is 142. The normalized spacial score (nSPS) is 27.8. The summed E-state index contributed by atoms with van der Waals surface area (Å²) >= 11 is 11.3. The van der Waals surface area contributed by atoms with Crippen LogP contribution in [-0.4, -0.2) is 22.2 Å². The lowest BCUT2D eigenvalue weighted by Gasteiger charge is -2.26. The monoisotopic (exact) mass is 212 g/mol. The van der Waals surface area contributed by atoms with E-state index in [0.29, 0.717) is 5.92 Å². The van der Waals surface area contributed by atoms with Crippen molar-refractivity contribution in [1.29, 1.82) is 0 Å². The average molecular weight is 213 g/mol. The summed E-state index contributed by atoms with van der Waals surface area (Å²) in [7, 11) is 0. The van der Waals surface area contributed by atoms with E-state index in [9.17, 15) is 5.11 Å². The van der Waals surface area contributed by atoms with Crippen LogP contribution in [-0.2, 0) is 0 Å². The van der Waals surface area contributed by atoms with Gasteiger partial charge in [0.15, 0.2) is 0 Å². The van der Waals surface area contributed by atoms with Crippen molar-refractivity contribution >= 4 is 23.2 Å². The molecule has 1 aliphatic rings. The predicted molar refractivity (Wildman–Crippen MR) is 49.9 cm³/mol. The third kappa shape index (κ3) is 2.47. The molecule has 0 saturated heterocycles. The van der Waals surface area contributed by atoms with Crippen LogP contribution in [0, 0.1) is 11.8 Å². The molecule has 12 heavy (non-hydrogen) atoms. The van der Waals surface area contributed by atoms with Crippen molar-refractivity contribution in [3.8, 4) is 0 Å². The molecule has 0 heterocycles. The molecule has 3 nitrogen and oxygen atoms in total. The maximum atomic E-state index is 9.66. The molecule has 0 spiro atoms. The molecule has 0 aromatic carbocycles. The van der Waals surface area contributed by atoms with Crippen molar-refractivity contribution in [1.82, 2.24) is 0 Å². The van der Waals surface area contributed by atoms with Gasteiger partial charge >= 0.3 is 0 Å². The van der Waals surface area contributed by atoms with Gasteiger partial charge in [-0.2, -0.15) is 0 Å². The fourth-order valence-corrected chi connectivity index (χ4v) is 1.99. The Labute approximate surface area is 82.0 Å². The highest BCUT2D eigenvalue weighted by Crippen LogP contribution is 2.38. The number of aliphatic hydroxyl groups excluding tert-OH is 1. The second-order valence-corrected chi connectivity index (χ2v) is 4.30. The van der Waals surface area contributed by atoms with Gasteiger partial charge in [-0.3, -0.25) is 0 Å². The lowest BCUT2D eigenvalue weighted by atomic mass is 9.98. The van der Waals surface area contributed by atoms with Crippen LogP contribution < -0.4 is 11.5 Å². The third-order valence-electron chi connectivity index (χ3n) is 2.23. The van der Waals surface area contributed by atoms with E-state index in [1.807, 2.05) is 0 Å². The first-order valence-electron chi connectivity index (χ1n) is 4.01. The Kier molecular flexibility index (Phi) is 3.61. The second-order valence-electron chi connectivity index (χ2n) is 3.29. The minimum Gasteiger partial charge on any atom is -0.392 e. The number of nitrogens with two attached hydrogens (primary N) is 2. The molecule has 1 saturated carbocycles. The van der Waals surface area contributed by atoms with Crippen molar-refractivity contribution in [2.75, 3.05) is 0 Å². The van der Waals surface area contributed by atoms with Crippen molar-refractivity contribution in [2.45, 2.75) is 29.9 Å². The van der Waals surface area contributed by atoms with Gasteiger partial charge in [0.25, 0.3) is 0 Å². The van der Waals surface area contributed by atoms with Crippen LogP contribution in [0.3, 0.4) is 0 Å². The molecule has 3 atom stereocenters. The molecular formula is C7H14Cl2N2O. The topological polar surface area (TPSA) is 72.3 Å². The summed E-state index contributed by atoms with van der Waals surface area (Å²) < 4.78 is 0. The van der Waals surface area contributed by atoms with Crippen LogP contribution >= 0.6 is 23.2 Å². The first kappa shape index (κ1) is 10.5. The van der Waals surface area contributed by atoms with Crippen molar-refractivity contribution in [3.63, 3.8) is 0 Å². The van der Waals surface area contributed by atoms with Gasteiger partial charge in [-0.25, -0.2) is 0 Å². The Morgan fingerprint density at radius 2 is 1.58 bits per heavy atom. The molecule has 5 N–H and O–H groups in total. The van der Waals surface area contributed by atoms with Gasteiger partial charge in [-0.15, -0.1) is 23.2 Å². The van der Waals surface area contributed by atoms with E-state index in [0.717, 1.165) is 12.8 Å². The van der Waals surface area contributed by atoms with Crippen LogP contribution in [0.1, 0.15) is 12.8 Å². The maximum Gasteiger partial charge on any atom is 0.0881 e. The highest BCUT2D eigenvalue weighted by Gasteiger charge is 2.39. The fraction of sp³-hybridized carbons (Fsp3) is 1.00. The Balaban J connectivity index is 2.51. The van der Waals surface area contributed by atoms with Gasteiger partial charge in [0, 0.05) is 5.92 Å². The number of rotatable bonds is 4. The zero-order valence-corrected chi connectivity index (χ0v) is 8.17. The summed E-state index contributed by atoms with van der Waals surface area (Å²) in [5.41, 5.74) is 9.54. The highest BCUT2D eigenvalue weighted by atomic mass is 35.5. The molecular weight excluding hydrogens is 199 g/mol. The predicted octanol–water partition coefficient (Wildman–Crippen LogP) is 0.421. The van der Waals surface area contributed by atoms with Gasteiger partial charge in [-0.05, 0) is 18.8 Å². The van der Waals surface area contributed by atoms with Crippen LogP contribution in [0.2, 0.25) is 0 Å². The van der Waals surface area contributed by atoms with Gasteiger partial charge in [-0.1, -0.05) is 0 Å². The van der Waals surface area contributed by atoms with Gasteiger partial charge < -0.3 is 16.6 Å². The summed E-state index contributed by atoms with van der Waals surface area (Å²) in [4.78, 5) is 0. The molecule has 0 aliphatic heterocycles. The largest absolute Gasteiger partial charge is 0.392 e. The first-order chi connectivity index (χ1) is 5.54. The second kappa shape index (κ2) is 4.11. The smallest absolute Gasteiger partial charge is 0.0881 e. The molecule has 0 amide bonds. The van der Waals surface area contributed by atoms with E-state index < -0.39 is 23.0 Å². The zero-order valence-electron chi connectivity index (χ0n) is 6.66. The average Bonchev–Trinajstić information content (AvgIpc) is 2.64. The van der Waals surface area contributed by atoms with Crippen LogP contribution in [0.4, 0.5) is 0 Å². The minimum absolute atomic E-state index is 0.296. The number of hydrogen-bond acceptors (Lipinski definition) is 3. The standard InChI is InChI=1S/C7H14Cl2N2O/c8-6(10)4(7(9)11)5(12)3-1-2-3/h3-7,12H,1-2,10-11H2. The van der Waals surface area contributed by atoms with E-state index >= 15 is 0 Å². The van der Waals surface area contributed by atoms with Crippen LogP contribution in [0.25, 0.3) is 0 Å². The fourth-order valence-electron chi connectivity index (χ4n) is 1.30. The summed E-state index contributed by atoms with van der Waals surface area (Å²) in [6.45, 7) is 0. The van der Waals surface area contributed by atoms with Crippen LogP contribution in [0.15, 0.2) is 0 Å². The minimum atomic E-state index is -0.673. The van der Waals surface area contributed by atoms with Crippen molar-refractivity contribution in [2.24, 2.45) is 23.3 Å². The van der Waals surface area contributed by atoms with Gasteiger partial charge in [0.2, 0.25) is 0 Å². The van der Waals surface area contributed by atoms with Crippen molar-refractivity contribution < 1.29 is 5.11 Å². The maximum absolute atomic E-state index is 9.66. The molecule has 1 aliphatic carbocycles. The SMILES string of the molecule is NC(Cl)C(C(N)Cl)C(O)C1CC1. The summed E-state index contributed by atoms with van der Waals surface area (Å²) in [5.74, 6) is -0.120. The Morgan fingerprint density at radius 1 is 1.17 bits per heavy atom. The molecule has 3 unspecified atom stereocenters. The number of alkyl halides is 2. The van der Waals surface area contributed by atoms with Crippen molar-refractivity contribution in [3.05, 3.63) is 0 Å². The molecule has 1 rings (SSSR count). The van der Waals surface area contributed by atoms with E-state index in [-0.39, 0.29) is 0 Å². The van der Waals surface area contributed by atoms with E-state index in [1.165, 1.54) is 0 Å². The molecule has 0 aromatic rings. The van der Waals surface area contributed by atoms with Gasteiger partial charge in [0.05, 0.1) is 17.1 Å². The quantitative estimate of drug-likeness (QED) is 0.468. The first-order valence-corrected chi connectivity index (χ1v) is 4.88. The highest BCUT2D eigenvalue weighted by molar-refractivity contribution is 6.23. The molecule has 72 valence electrons.